The topological polar surface area (TPSA) is 72.3 Å². The molecule has 5 heteroatoms. The van der Waals surface area contributed by atoms with Gasteiger partial charge in [-0.25, -0.2) is 4.39 Å². The second kappa shape index (κ2) is 4.78. The molecule has 0 radical (unpaired) electrons. The van der Waals surface area contributed by atoms with Gasteiger partial charge in [0, 0.05) is 24.3 Å². The van der Waals surface area contributed by atoms with Crippen LogP contribution in [0.25, 0.3) is 5.57 Å². The van der Waals surface area contributed by atoms with E-state index in [4.69, 9.17) is 11.5 Å². The van der Waals surface area contributed by atoms with E-state index in [9.17, 15) is 9.18 Å². The second-order valence-corrected chi connectivity index (χ2v) is 4.50. The molecule has 1 amide bonds. The standard InChI is InChI=1S/C13H16FN3O/c1-17-6-4-8(5-7-17)9-2-3-10(15)11(12(9)14)13(16)18/h2-4H,5-7,15H2,1H3,(H2,16,18). The van der Waals surface area contributed by atoms with Gasteiger partial charge >= 0.3 is 0 Å². The molecule has 0 bridgehead atoms. The molecular formula is C13H16FN3O. The second-order valence-electron chi connectivity index (χ2n) is 4.50. The summed E-state index contributed by atoms with van der Waals surface area (Å²) in [5.74, 6) is -1.45. The predicted molar refractivity (Wildman–Crippen MR) is 69.4 cm³/mol. The quantitative estimate of drug-likeness (QED) is 0.774. The number of carbonyl (C=O) groups is 1. The highest BCUT2D eigenvalue weighted by molar-refractivity contribution is 5.99. The van der Waals surface area contributed by atoms with Crippen molar-refractivity contribution in [2.45, 2.75) is 6.42 Å². The van der Waals surface area contributed by atoms with Crippen LogP contribution in [-0.2, 0) is 0 Å². The molecule has 0 aromatic heterocycles. The molecule has 1 aromatic carbocycles. The zero-order chi connectivity index (χ0) is 13.3. The van der Waals surface area contributed by atoms with Crippen molar-refractivity contribution < 1.29 is 9.18 Å². The minimum absolute atomic E-state index is 0.0808. The minimum atomic E-state index is -0.833. The van der Waals surface area contributed by atoms with Gasteiger partial charge in [-0.2, -0.15) is 0 Å². The Balaban J connectivity index is 2.47. The lowest BCUT2D eigenvalue weighted by atomic mass is 9.96. The number of hydrogen-bond acceptors (Lipinski definition) is 3. The van der Waals surface area contributed by atoms with E-state index in [0.717, 1.165) is 25.1 Å². The smallest absolute Gasteiger partial charge is 0.253 e. The van der Waals surface area contributed by atoms with Crippen molar-refractivity contribution in [1.82, 2.24) is 4.90 Å². The number of nitrogens with two attached hydrogens (primary N) is 2. The first-order valence-electron chi connectivity index (χ1n) is 5.76. The van der Waals surface area contributed by atoms with E-state index in [1.807, 2.05) is 13.1 Å². The maximum atomic E-state index is 14.2. The molecule has 1 heterocycles. The maximum absolute atomic E-state index is 14.2. The number of primary amides is 1. The van der Waals surface area contributed by atoms with E-state index in [1.54, 1.807) is 6.07 Å². The SMILES string of the molecule is CN1CC=C(c2ccc(N)c(C(N)=O)c2F)CC1. The summed E-state index contributed by atoms with van der Waals surface area (Å²) in [5, 5.41) is 0. The van der Waals surface area contributed by atoms with Gasteiger partial charge in [-0.05, 0) is 31.2 Å². The third-order valence-corrected chi connectivity index (χ3v) is 3.18. The number of anilines is 1. The number of hydrogen-bond donors (Lipinski definition) is 2. The molecule has 1 aromatic rings. The van der Waals surface area contributed by atoms with Crippen molar-refractivity contribution in [3.8, 4) is 0 Å². The summed E-state index contributed by atoms with van der Waals surface area (Å²) in [6.45, 7) is 1.63. The number of rotatable bonds is 2. The van der Waals surface area contributed by atoms with E-state index in [2.05, 4.69) is 4.90 Å². The molecule has 0 saturated heterocycles. The lowest BCUT2D eigenvalue weighted by molar-refractivity contribution is 0.0997. The molecule has 0 unspecified atom stereocenters. The Morgan fingerprint density at radius 1 is 1.44 bits per heavy atom. The van der Waals surface area contributed by atoms with Crippen LogP contribution in [0.3, 0.4) is 0 Å². The summed E-state index contributed by atoms with van der Waals surface area (Å²) in [7, 11) is 2.00. The molecular weight excluding hydrogens is 233 g/mol. The fourth-order valence-electron chi connectivity index (χ4n) is 2.10. The van der Waals surface area contributed by atoms with Gasteiger partial charge in [0.2, 0.25) is 0 Å². The van der Waals surface area contributed by atoms with Gasteiger partial charge in [-0.1, -0.05) is 6.08 Å². The Kier molecular flexibility index (Phi) is 3.34. The van der Waals surface area contributed by atoms with E-state index in [-0.39, 0.29) is 11.3 Å². The van der Waals surface area contributed by atoms with E-state index in [1.165, 1.54) is 6.07 Å². The molecule has 0 aliphatic carbocycles. The number of likely N-dealkylation sites (N-methyl/N-ethyl adjacent to an activating group) is 1. The van der Waals surface area contributed by atoms with Crippen molar-refractivity contribution in [3.05, 3.63) is 35.2 Å². The fraction of sp³-hybridized carbons (Fsp3) is 0.308. The van der Waals surface area contributed by atoms with Gasteiger partial charge in [-0.15, -0.1) is 0 Å². The van der Waals surface area contributed by atoms with Gasteiger partial charge in [0.05, 0.1) is 5.56 Å². The zero-order valence-corrected chi connectivity index (χ0v) is 10.2. The molecule has 18 heavy (non-hydrogen) atoms. The first-order valence-corrected chi connectivity index (χ1v) is 5.76. The average Bonchev–Trinajstić information content (AvgIpc) is 2.30. The normalized spacial score (nSPS) is 16.4. The van der Waals surface area contributed by atoms with Crippen LogP contribution in [0, 0.1) is 5.82 Å². The van der Waals surface area contributed by atoms with Gasteiger partial charge in [0.1, 0.15) is 5.82 Å². The molecule has 1 aliphatic heterocycles. The highest BCUT2D eigenvalue weighted by Gasteiger charge is 2.20. The van der Waals surface area contributed by atoms with Crippen LogP contribution in [0.15, 0.2) is 18.2 Å². The highest BCUT2D eigenvalue weighted by atomic mass is 19.1. The molecule has 0 spiro atoms. The third kappa shape index (κ3) is 2.22. The Labute approximate surface area is 105 Å². The molecule has 0 atom stereocenters. The summed E-state index contributed by atoms with van der Waals surface area (Å²) in [5.41, 5.74) is 11.9. The predicted octanol–water partition coefficient (Wildman–Crippen LogP) is 1.23. The molecule has 1 aliphatic rings. The number of amides is 1. The molecule has 0 saturated carbocycles. The molecule has 96 valence electrons. The van der Waals surface area contributed by atoms with Crippen LogP contribution in [0.4, 0.5) is 10.1 Å². The molecule has 4 N–H and O–H groups in total. The number of carbonyl (C=O) groups excluding carboxylic acids is 1. The van der Waals surface area contributed by atoms with Crippen molar-refractivity contribution in [2.75, 3.05) is 25.9 Å². The molecule has 4 nitrogen and oxygen atoms in total. The number of benzene rings is 1. The van der Waals surface area contributed by atoms with Crippen molar-refractivity contribution >= 4 is 17.2 Å². The number of halogens is 1. The van der Waals surface area contributed by atoms with Crippen molar-refractivity contribution in [3.63, 3.8) is 0 Å². The molecule has 2 rings (SSSR count). The van der Waals surface area contributed by atoms with Crippen LogP contribution in [0.5, 0.6) is 0 Å². The first kappa shape index (κ1) is 12.6. The summed E-state index contributed by atoms with van der Waals surface area (Å²) in [6.07, 6.45) is 2.71. The molecule has 0 fully saturated rings. The largest absolute Gasteiger partial charge is 0.398 e. The maximum Gasteiger partial charge on any atom is 0.253 e. The van der Waals surface area contributed by atoms with Crippen LogP contribution >= 0.6 is 0 Å². The number of nitrogens with zero attached hydrogens (tertiary/aromatic N) is 1. The third-order valence-electron chi connectivity index (χ3n) is 3.18. The van der Waals surface area contributed by atoms with Crippen LogP contribution in [0.1, 0.15) is 22.3 Å². The first-order chi connectivity index (χ1) is 8.50. The number of nitrogen functional groups attached to an aromatic ring is 1. The minimum Gasteiger partial charge on any atom is -0.398 e. The summed E-state index contributed by atoms with van der Waals surface area (Å²) >= 11 is 0. The summed E-state index contributed by atoms with van der Waals surface area (Å²) in [4.78, 5) is 13.3. The lowest BCUT2D eigenvalue weighted by Gasteiger charge is -2.22. The van der Waals surface area contributed by atoms with Crippen LogP contribution in [-0.4, -0.2) is 30.9 Å². The van der Waals surface area contributed by atoms with Gasteiger partial charge in [0.15, 0.2) is 0 Å². The van der Waals surface area contributed by atoms with Gasteiger partial charge < -0.3 is 16.4 Å². The monoisotopic (exact) mass is 249 g/mol. The van der Waals surface area contributed by atoms with Gasteiger partial charge in [0.25, 0.3) is 5.91 Å². The van der Waals surface area contributed by atoms with Crippen LogP contribution in [0.2, 0.25) is 0 Å². The zero-order valence-electron chi connectivity index (χ0n) is 10.2. The van der Waals surface area contributed by atoms with E-state index >= 15 is 0 Å². The fourth-order valence-corrected chi connectivity index (χ4v) is 2.10. The van der Waals surface area contributed by atoms with Crippen molar-refractivity contribution in [2.24, 2.45) is 5.73 Å². The van der Waals surface area contributed by atoms with E-state index in [0.29, 0.717) is 5.56 Å². The summed E-state index contributed by atoms with van der Waals surface area (Å²) in [6, 6.07) is 3.13. The van der Waals surface area contributed by atoms with E-state index < -0.39 is 11.7 Å². The lowest BCUT2D eigenvalue weighted by Crippen LogP contribution is -2.24. The highest BCUT2D eigenvalue weighted by Crippen LogP contribution is 2.28. The Morgan fingerprint density at radius 2 is 2.17 bits per heavy atom. The Bertz CT molecular complexity index is 525. The van der Waals surface area contributed by atoms with Crippen LogP contribution < -0.4 is 11.5 Å². The average molecular weight is 249 g/mol. The Hall–Kier alpha value is -1.88. The van der Waals surface area contributed by atoms with Gasteiger partial charge in [-0.3, -0.25) is 4.79 Å². The Morgan fingerprint density at radius 3 is 2.72 bits per heavy atom. The summed E-state index contributed by atoms with van der Waals surface area (Å²) < 4.78 is 14.2. The van der Waals surface area contributed by atoms with Crippen molar-refractivity contribution in [1.29, 1.82) is 0 Å².